The van der Waals surface area contributed by atoms with Crippen LogP contribution in [0.1, 0.15) is 39.5 Å². The molecule has 4 nitrogen and oxygen atoms in total. The molecular weight excluding hydrogens is 200 g/mol. The summed E-state index contributed by atoms with van der Waals surface area (Å²) < 4.78 is 0. The fraction of sp³-hybridized carbons (Fsp3) is 1.00. The van der Waals surface area contributed by atoms with Crippen LogP contribution in [0.25, 0.3) is 0 Å². The van der Waals surface area contributed by atoms with Crippen LogP contribution in [0.5, 0.6) is 0 Å². The zero-order valence-corrected chi connectivity index (χ0v) is 10.6. The Morgan fingerprint density at radius 3 is 2.56 bits per heavy atom. The van der Waals surface area contributed by atoms with Gasteiger partial charge in [0.2, 0.25) is 0 Å². The number of nitrogens with one attached hydrogen (secondary N) is 4. The third kappa shape index (κ3) is 3.42. The fourth-order valence-corrected chi connectivity index (χ4v) is 2.56. The van der Waals surface area contributed by atoms with Crippen LogP contribution in [0.2, 0.25) is 0 Å². The van der Waals surface area contributed by atoms with E-state index in [4.69, 9.17) is 0 Å². The summed E-state index contributed by atoms with van der Waals surface area (Å²) in [5.74, 6) is 1.54. The average molecular weight is 226 g/mol. The van der Waals surface area contributed by atoms with Crippen LogP contribution in [-0.2, 0) is 0 Å². The molecular formula is C12H26N4. The van der Waals surface area contributed by atoms with Crippen molar-refractivity contribution in [3.05, 3.63) is 0 Å². The van der Waals surface area contributed by atoms with Gasteiger partial charge < -0.3 is 10.6 Å². The zero-order chi connectivity index (χ0) is 11.4. The predicted molar refractivity (Wildman–Crippen MR) is 66.6 cm³/mol. The van der Waals surface area contributed by atoms with E-state index in [1.807, 2.05) is 0 Å². The third-order valence-corrected chi connectivity index (χ3v) is 3.84. The molecule has 0 saturated carbocycles. The zero-order valence-electron chi connectivity index (χ0n) is 10.6. The number of hydrazine groups is 1. The van der Waals surface area contributed by atoms with E-state index in [1.165, 1.54) is 25.7 Å². The Hall–Kier alpha value is -0.160. The van der Waals surface area contributed by atoms with Crippen LogP contribution in [0.3, 0.4) is 0 Å². The lowest BCUT2D eigenvalue weighted by Crippen LogP contribution is -2.61. The summed E-state index contributed by atoms with van der Waals surface area (Å²) in [6.07, 6.45) is 6.02. The molecule has 2 aliphatic rings. The molecule has 4 atom stereocenters. The first-order valence-corrected chi connectivity index (χ1v) is 6.73. The molecule has 94 valence electrons. The summed E-state index contributed by atoms with van der Waals surface area (Å²) in [4.78, 5) is 0. The molecule has 0 aromatic rings. The molecule has 2 saturated heterocycles. The maximum atomic E-state index is 3.52. The van der Waals surface area contributed by atoms with E-state index < -0.39 is 0 Å². The van der Waals surface area contributed by atoms with E-state index in [-0.39, 0.29) is 0 Å². The SMILES string of the molecule is CC1CCC(NNC2NCCCC2C)NC1. The first-order valence-electron chi connectivity index (χ1n) is 6.73. The van der Waals surface area contributed by atoms with Gasteiger partial charge in [0.25, 0.3) is 0 Å². The van der Waals surface area contributed by atoms with Crippen LogP contribution < -0.4 is 21.5 Å². The second kappa shape index (κ2) is 5.96. The standard InChI is InChI=1S/C12H26N4/c1-9-5-6-11(14-8-9)15-16-12-10(2)4-3-7-13-12/h9-16H,3-8H2,1-2H3. The van der Waals surface area contributed by atoms with E-state index >= 15 is 0 Å². The van der Waals surface area contributed by atoms with Crippen LogP contribution >= 0.6 is 0 Å². The predicted octanol–water partition coefficient (Wildman–Crippen LogP) is 0.772. The molecule has 0 aliphatic carbocycles. The van der Waals surface area contributed by atoms with Gasteiger partial charge in [-0.2, -0.15) is 0 Å². The van der Waals surface area contributed by atoms with Gasteiger partial charge in [-0.25, -0.2) is 10.9 Å². The maximum absolute atomic E-state index is 3.52. The fourth-order valence-electron chi connectivity index (χ4n) is 2.56. The first kappa shape index (κ1) is 12.3. The summed E-state index contributed by atoms with van der Waals surface area (Å²) in [7, 11) is 0. The van der Waals surface area contributed by atoms with Gasteiger partial charge in [-0.1, -0.05) is 13.8 Å². The minimum Gasteiger partial charge on any atom is -0.301 e. The van der Waals surface area contributed by atoms with Crippen LogP contribution in [0.4, 0.5) is 0 Å². The number of hydrogen-bond donors (Lipinski definition) is 4. The Balaban J connectivity index is 1.66. The summed E-state index contributed by atoms with van der Waals surface area (Å²) in [5, 5.41) is 7.04. The van der Waals surface area contributed by atoms with Gasteiger partial charge in [-0.15, -0.1) is 0 Å². The Morgan fingerprint density at radius 2 is 1.88 bits per heavy atom. The monoisotopic (exact) mass is 226 g/mol. The van der Waals surface area contributed by atoms with Gasteiger partial charge in [-0.05, 0) is 50.6 Å². The second-order valence-electron chi connectivity index (χ2n) is 5.48. The summed E-state index contributed by atoms with van der Waals surface area (Å²) in [5.41, 5.74) is 6.85. The molecule has 4 unspecified atom stereocenters. The molecule has 2 fully saturated rings. The van der Waals surface area contributed by atoms with Gasteiger partial charge in [-0.3, -0.25) is 0 Å². The molecule has 4 heteroatoms. The molecule has 0 amide bonds. The lowest BCUT2D eigenvalue weighted by atomic mass is 9.98. The van der Waals surface area contributed by atoms with Crippen molar-refractivity contribution in [1.82, 2.24) is 21.5 Å². The normalized spacial score (nSPS) is 40.9. The maximum Gasteiger partial charge on any atom is 0.0730 e. The number of piperidine rings is 2. The highest BCUT2D eigenvalue weighted by atomic mass is 15.5. The summed E-state index contributed by atoms with van der Waals surface area (Å²) in [6.45, 7) is 6.88. The van der Waals surface area contributed by atoms with E-state index in [2.05, 4.69) is 35.3 Å². The van der Waals surface area contributed by atoms with Gasteiger partial charge in [0.1, 0.15) is 0 Å². The quantitative estimate of drug-likeness (QED) is 0.537. The molecule has 2 rings (SSSR count). The summed E-state index contributed by atoms with van der Waals surface area (Å²) >= 11 is 0. The summed E-state index contributed by atoms with van der Waals surface area (Å²) in [6, 6.07) is 0. The van der Waals surface area contributed by atoms with E-state index in [1.54, 1.807) is 0 Å². The van der Waals surface area contributed by atoms with Crippen molar-refractivity contribution < 1.29 is 0 Å². The largest absolute Gasteiger partial charge is 0.301 e. The van der Waals surface area contributed by atoms with Gasteiger partial charge in [0.15, 0.2) is 0 Å². The molecule has 2 aliphatic heterocycles. The minimum atomic E-state index is 0.426. The highest BCUT2D eigenvalue weighted by molar-refractivity contribution is 4.77. The second-order valence-corrected chi connectivity index (χ2v) is 5.48. The average Bonchev–Trinajstić information content (AvgIpc) is 2.30. The van der Waals surface area contributed by atoms with Crippen molar-refractivity contribution in [2.45, 2.75) is 51.9 Å². The van der Waals surface area contributed by atoms with Crippen molar-refractivity contribution >= 4 is 0 Å². The van der Waals surface area contributed by atoms with Crippen molar-refractivity contribution in [2.75, 3.05) is 13.1 Å². The first-order chi connectivity index (χ1) is 7.75. The third-order valence-electron chi connectivity index (χ3n) is 3.84. The van der Waals surface area contributed by atoms with Crippen molar-refractivity contribution in [2.24, 2.45) is 11.8 Å². The van der Waals surface area contributed by atoms with E-state index in [0.717, 1.165) is 19.0 Å². The Bertz CT molecular complexity index is 201. The molecule has 2 heterocycles. The lowest BCUT2D eigenvalue weighted by Gasteiger charge is -2.34. The van der Waals surface area contributed by atoms with Gasteiger partial charge in [0, 0.05) is 0 Å². The van der Waals surface area contributed by atoms with Gasteiger partial charge in [0.05, 0.1) is 12.3 Å². The highest BCUT2D eigenvalue weighted by Crippen LogP contribution is 2.14. The molecule has 4 N–H and O–H groups in total. The van der Waals surface area contributed by atoms with E-state index in [9.17, 15) is 0 Å². The van der Waals surface area contributed by atoms with Crippen molar-refractivity contribution in [3.63, 3.8) is 0 Å². The minimum absolute atomic E-state index is 0.426. The Labute approximate surface area is 98.9 Å². The molecule has 0 radical (unpaired) electrons. The molecule has 0 aromatic heterocycles. The highest BCUT2D eigenvalue weighted by Gasteiger charge is 2.22. The van der Waals surface area contributed by atoms with Crippen molar-refractivity contribution in [1.29, 1.82) is 0 Å². The Morgan fingerprint density at radius 1 is 1.00 bits per heavy atom. The molecule has 0 bridgehead atoms. The van der Waals surface area contributed by atoms with Gasteiger partial charge >= 0.3 is 0 Å². The molecule has 16 heavy (non-hydrogen) atoms. The van der Waals surface area contributed by atoms with Crippen LogP contribution in [0, 0.1) is 11.8 Å². The van der Waals surface area contributed by atoms with E-state index in [0.29, 0.717) is 18.2 Å². The lowest BCUT2D eigenvalue weighted by molar-refractivity contribution is 0.189. The Kier molecular flexibility index (Phi) is 4.58. The molecule has 0 spiro atoms. The number of hydrogen-bond acceptors (Lipinski definition) is 4. The topological polar surface area (TPSA) is 48.1 Å². The van der Waals surface area contributed by atoms with Crippen LogP contribution in [-0.4, -0.2) is 25.4 Å². The molecule has 0 aromatic carbocycles. The van der Waals surface area contributed by atoms with Crippen molar-refractivity contribution in [3.8, 4) is 0 Å². The smallest absolute Gasteiger partial charge is 0.0730 e. The van der Waals surface area contributed by atoms with Crippen LogP contribution in [0.15, 0.2) is 0 Å². The number of rotatable bonds is 3.